The summed E-state index contributed by atoms with van der Waals surface area (Å²) < 4.78 is 16.9. The number of nitrogens with zero attached hydrogens (tertiary/aromatic N) is 1. The van der Waals surface area contributed by atoms with Crippen LogP contribution in [-0.2, 0) is 16.0 Å². The number of morpholine rings is 1. The van der Waals surface area contributed by atoms with E-state index in [1.165, 1.54) is 0 Å². The maximum absolute atomic E-state index is 13.0. The maximum Gasteiger partial charge on any atom is 0.229 e. The number of carbonyl (C=O) groups excluding carboxylic acids is 1. The highest BCUT2D eigenvalue weighted by atomic mass is 16.5. The van der Waals surface area contributed by atoms with Crippen molar-refractivity contribution in [1.82, 2.24) is 4.90 Å². The molecule has 1 amide bonds. The second-order valence-corrected chi connectivity index (χ2v) is 6.62. The first-order valence-corrected chi connectivity index (χ1v) is 8.48. The Bertz CT molecular complexity index is 603. The van der Waals surface area contributed by atoms with E-state index in [1.807, 2.05) is 18.2 Å². The second-order valence-electron chi connectivity index (χ2n) is 6.62. The van der Waals surface area contributed by atoms with Crippen LogP contribution in [0.1, 0.15) is 24.8 Å². The lowest BCUT2D eigenvalue weighted by Crippen LogP contribution is -2.54. The van der Waals surface area contributed by atoms with Crippen LogP contribution in [0.3, 0.4) is 0 Å². The van der Waals surface area contributed by atoms with Crippen molar-refractivity contribution < 1.29 is 19.0 Å². The molecule has 0 N–H and O–H groups in total. The van der Waals surface area contributed by atoms with Gasteiger partial charge >= 0.3 is 0 Å². The number of benzene rings is 1. The first-order valence-electron chi connectivity index (χ1n) is 8.48. The van der Waals surface area contributed by atoms with Crippen molar-refractivity contribution in [3.05, 3.63) is 23.8 Å². The molecule has 2 heterocycles. The molecular formula is C18H23NO4. The molecule has 5 nitrogen and oxygen atoms in total. The molecule has 1 saturated carbocycles. The van der Waals surface area contributed by atoms with Gasteiger partial charge in [-0.2, -0.15) is 0 Å². The van der Waals surface area contributed by atoms with Gasteiger partial charge in [0.05, 0.1) is 31.8 Å². The van der Waals surface area contributed by atoms with Gasteiger partial charge in [0, 0.05) is 12.6 Å². The molecule has 1 aliphatic carbocycles. The first kappa shape index (κ1) is 14.8. The third-order valence-electron chi connectivity index (χ3n) is 5.30. The Balaban J connectivity index is 1.49. The summed E-state index contributed by atoms with van der Waals surface area (Å²) in [5.74, 6) is 1.77. The summed E-state index contributed by atoms with van der Waals surface area (Å²) in [4.78, 5) is 15.1. The van der Waals surface area contributed by atoms with Crippen molar-refractivity contribution in [3.63, 3.8) is 0 Å². The summed E-state index contributed by atoms with van der Waals surface area (Å²) in [5.41, 5.74) is 1.09. The second kappa shape index (κ2) is 6.04. The van der Waals surface area contributed by atoms with E-state index in [-0.39, 0.29) is 24.0 Å². The number of hydrogen-bond donors (Lipinski definition) is 0. The minimum atomic E-state index is -0.0877. The van der Waals surface area contributed by atoms with Crippen molar-refractivity contribution in [3.8, 4) is 11.5 Å². The summed E-state index contributed by atoms with van der Waals surface area (Å²) in [5, 5.41) is 0. The number of hydrogen-bond acceptors (Lipinski definition) is 4. The molecule has 2 aliphatic heterocycles. The minimum Gasteiger partial charge on any atom is -0.497 e. The van der Waals surface area contributed by atoms with E-state index in [9.17, 15) is 4.79 Å². The van der Waals surface area contributed by atoms with E-state index in [0.717, 1.165) is 42.7 Å². The van der Waals surface area contributed by atoms with E-state index in [2.05, 4.69) is 4.90 Å². The number of methoxy groups -OCH3 is 1. The Morgan fingerprint density at radius 3 is 3.13 bits per heavy atom. The normalized spacial score (nSPS) is 29.4. The van der Waals surface area contributed by atoms with Crippen molar-refractivity contribution in [2.75, 3.05) is 26.9 Å². The van der Waals surface area contributed by atoms with Gasteiger partial charge in [-0.25, -0.2) is 0 Å². The van der Waals surface area contributed by atoms with Gasteiger partial charge in [-0.05, 0) is 37.3 Å². The summed E-state index contributed by atoms with van der Waals surface area (Å²) in [6.07, 6.45) is 4.29. The molecule has 1 saturated heterocycles. The standard InChI is InChI=1S/C18H23NO4/c1-21-14-6-5-12-9-13(11-23-17(12)10-14)18(20)19-7-8-22-16-4-2-3-15(16)19/h5-6,10,13,15-16H,2-4,7-9,11H2,1H3/t13-,15+,16-/m1/s1. The molecule has 4 rings (SSSR count). The predicted octanol–water partition coefficient (Wildman–Crippen LogP) is 2.03. The summed E-state index contributed by atoms with van der Waals surface area (Å²) >= 11 is 0. The maximum atomic E-state index is 13.0. The van der Waals surface area contributed by atoms with Gasteiger partial charge in [-0.15, -0.1) is 0 Å². The molecule has 1 aromatic carbocycles. The summed E-state index contributed by atoms with van der Waals surface area (Å²) in [6.45, 7) is 1.83. The Morgan fingerprint density at radius 2 is 2.26 bits per heavy atom. The fraction of sp³-hybridized carbons (Fsp3) is 0.611. The van der Waals surface area contributed by atoms with E-state index >= 15 is 0 Å². The van der Waals surface area contributed by atoms with Crippen LogP contribution in [0.4, 0.5) is 0 Å². The lowest BCUT2D eigenvalue weighted by atomic mass is 9.94. The molecule has 1 aromatic rings. The third-order valence-corrected chi connectivity index (χ3v) is 5.30. The largest absolute Gasteiger partial charge is 0.497 e. The van der Waals surface area contributed by atoms with Crippen molar-refractivity contribution >= 4 is 5.91 Å². The Hall–Kier alpha value is -1.75. The van der Waals surface area contributed by atoms with Gasteiger partial charge in [-0.3, -0.25) is 4.79 Å². The molecule has 5 heteroatoms. The van der Waals surface area contributed by atoms with Gasteiger partial charge in [0.15, 0.2) is 0 Å². The highest BCUT2D eigenvalue weighted by Gasteiger charge is 2.41. The fourth-order valence-electron chi connectivity index (χ4n) is 4.07. The van der Waals surface area contributed by atoms with Crippen LogP contribution in [0.5, 0.6) is 11.5 Å². The van der Waals surface area contributed by atoms with Crippen LogP contribution in [0.25, 0.3) is 0 Å². The van der Waals surface area contributed by atoms with Crippen LogP contribution in [0.2, 0.25) is 0 Å². The van der Waals surface area contributed by atoms with Gasteiger partial charge in [0.25, 0.3) is 0 Å². The molecule has 0 aromatic heterocycles. The molecule has 0 radical (unpaired) electrons. The van der Waals surface area contributed by atoms with Crippen LogP contribution in [0.15, 0.2) is 18.2 Å². The van der Waals surface area contributed by atoms with Gasteiger partial charge < -0.3 is 19.1 Å². The highest BCUT2D eigenvalue weighted by Crippen LogP contribution is 2.34. The van der Waals surface area contributed by atoms with Crippen LogP contribution >= 0.6 is 0 Å². The van der Waals surface area contributed by atoms with E-state index < -0.39 is 0 Å². The molecule has 23 heavy (non-hydrogen) atoms. The molecule has 2 fully saturated rings. The van der Waals surface area contributed by atoms with E-state index in [0.29, 0.717) is 19.8 Å². The van der Waals surface area contributed by atoms with Crippen LogP contribution < -0.4 is 9.47 Å². The van der Waals surface area contributed by atoms with Crippen LogP contribution in [-0.4, -0.2) is 49.8 Å². The van der Waals surface area contributed by atoms with E-state index in [1.54, 1.807) is 7.11 Å². The van der Waals surface area contributed by atoms with Crippen LogP contribution in [0, 0.1) is 5.92 Å². The van der Waals surface area contributed by atoms with Crippen molar-refractivity contribution in [2.45, 2.75) is 37.8 Å². The van der Waals surface area contributed by atoms with Crippen molar-refractivity contribution in [2.24, 2.45) is 5.92 Å². The Labute approximate surface area is 136 Å². The number of rotatable bonds is 2. The predicted molar refractivity (Wildman–Crippen MR) is 84.8 cm³/mol. The SMILES string of the molecule is COc1ccc2c(c1)OC[C@H](C(=O)N1CCO[C@@H]3CCC[C@@H]31)C2. The highest BCUT2D eigenvalue weighted by molar-refractivity contribution is 5.80. The molecule has 0 spiro atoms. The van der Waals surface area contributed by atoms with Gasteiger partial charge in [-0.1, -0.05) is 6.07 Å². The first-order chi connectivity index (χ1) is 11.3. The lowest BCUT2D eigenvalue weighted by Gasteiger charge is -2.40. The number of carbonyl (C=O) groups is 1. The Kier molecular flexibility index (Phi) is 3.89. The minimum absolute atomic E-state index is 0.0877. The number of ether oxygens (including phenoxy) is 3. The molecular weight excluding hydrogens is 294 g/mol. The molecule has 124 valence electrons. The van der Waals surface area contributed by atoms with Gasteiger partial charge in [0.2, 0.25) is 5.91 Å². The number of amides is 1. The summed E-state index contributed by atoms with van der Waals surface area (Å²) in [6, 6.07) is 6.10. The smallest absolute Gasteiger partial charge is 0.229 e. The van der Waals surface area contributed by atoms with Gasteiger partial charge in [0.1, 0.15) is 18.1 Å². The third kappa shape index (κ3) is 2.67. The Morgan fingerprint density at radius 1 is 1.35 bits per heavy atom. The molecule has 0 bridgehead atoms. The summed E-state index contributed by atoms with van der Waals surface area (Å²) in [7, 11) is 1.65. The molecule has 3 atom stereocenters. The fourth-order valence-corrected chi connectivity index (χ4v) is 4.07. The topological polar surface area (TPSA) is 48.0 Å². The zero-order valence-corrected chi connectivity index (χ0v) is 13.5. The van der Waals surface area contributed by atoms with Crippen molar-refractivity contribution in [1.29, 1.82) is 0 Å². The zero-order chi connectivity index (χ0) is 15.8. The number of fused-ring (bicyclic) bond motifs is 2. The lowest BCUT2D eigenvalue weighted by molar-refractivity contribution is -0.149. The zero-order valence-electron chi connectivity index (χ0n) is 13.5. The monoisotopic (exact) mass is 317 g/mol. The quantitative estimate of drug-likeness (QED) is 0.837. The average molecular weight is 317 g/mol. The molecule has 0 unspecified atom stereocenters. The van der Waals surface area contributed by atoms with E-state index in [4.69, 9.17) is 14.2 Å². The average Bonchev–Trinajstić information content (AvgIpc) is 3.08. The molecule has 3 aliphatic rings.